The summed E-state index contributed by atoms with van der Waals surface area (Å²) in [4.78, 5) is 42.3. The fraction of sp³-hybridized carbons (Fsp3) is 0.444. The highest BCUT2D eigenvalue weighted by molar-refractivity contribution is 6.07. The van der Waals surface area contributed by atoms with E-state index in [-0.39, 0.29) is 48.2 Å². The lowest BCUT2D eigenvalue weighted by Crippen LogP contribution is -2.54. The summed E-state index contributed by atoms with van der Waals surface area (Å²) in [7, 11) is 0. The molecule has 6 nitrogen and oxygen atoms in total. The molecule has 1 N–H and O–H groups in total. The number of nitrogens with zero attached hydrogens (tertiary/aromatic N) is 2. The zero-order valence-corrected chi connectivity index (χ0v) is 18.9. The van der Waals surface area contributed by atoms with Crippen LogP contribution in [-0.2, 0) is 9.59 Å². The van der Waals surface area contributed by atoms with Crippen molar-refractivity contribution in [3.05, 3.63) is 65.7 Å². The molecule has 0 bridgehead atoms. The van der Waals surface area contributed by atoms with Crippen molar-refractivity contribution in [3.8, 4) is 0 Å². The molecule has 2 amide bonds. The van der Waals surface area contributed by atoms with E-state index in [1.54, 1.807) is 0 Å². The number of para-hydroxylation sites is 1. The van der Waals surface area contributed by atoms with E-state index in [2.05, 4.69) is 6.92 Å². The zero-order valence-electron chi connectivity index (χ0n) is 18.9. The Morgan fingerprint density at radius 3 is 2.39 bits per heavy atom. The fourth-order valence-corrected chi connectivity index (χ4v) is 5.88. The van der Waals surface area contributed by atoms with E-state index in [4.69, 9.17) is 0 Å². The molecule has 0 radical (unpaired) electrons. The summed E-state index contributed by atoms with van der Waals surface area (Å²) in [6, 6.07) is 17.2. The average molecular weight is 447 g/mol. The van der Waals surface area contributed by atoms with Gasteiger partial charge in [0.05, 0.1) is 12.5 Å². The van der Waals surface area contributed by atoms with Gasteiger partial charge in [0.2, 0.25) is 5.91 Å². The maximum absolute atomic E-state index is 13.7. The maximum Gasteiger partial charge on any atom is 0.303 e. The number of hydrogen-bond donors (Lipinski definition) is 1. The van der Waals surface area contributed by atoms with Gasteiger partial charge in [-0.3, -0.25) is 14.4 Å². The second-order valence-electron chi connectivity index (χ2n) is 9.86. The molecule has 2 fully saturated rings. The Morgan fingerprint density at radius 1 is 1.00 bits per heavy atom. The fourth-order valence-electron chi connectivity index (χ4n) is 5.88. The highest BCUT2D eigenvalue weighted by atomic mass is 16.4. The van der Waals surface area contributed by atoms with Crippen LogP contribution in [0.2, 0.25) is 0 Å². The molecule has 1 heterocycles. The van der Waals surface area contributed by atoms with Gasteiger partial charge in [-0.1, -0.05) is 42.8 Å². The quantitative estimate of drug-likeness (QED) is 0.691. The van der Waals surface area contributed by atoms with Gasteiger partial charge in [-0.15, -0.1) is 0 Å². The van der Waals surface area contributed by atoms with Crippen LogP contribution >= 0.6 is 0 Å². The maximum atomic E-state index is 13.7. The first-order chi connectivity index (χ1) is 15.9. The number of carboxylic acid groups (broad SMARTS) is 1. The highest BCUT2D eigenvalue weighted by Crippen LogP contribution is 2.55. The number of carboxylic acids is 1. The van der Waals surface area contributed by atoms with Crippen LogP contribution in [0.1, 0.15) is 73.8 Å². The molecule has 2 aliphatic carbocycles. The minimum atomic E-state index is -0.952. The van der Waals surface area contributed by atoms with E-state index < -0.39 is 5.97 Å². The standard InChI is InChI=1S/C27H30N2O4/c1-27(16-17-27)29(23(30)14-15-24(31)32)25-19-10-5-6-12-21(19)28(22-13-7-11-20(22)25)26(33)18-8-3-2-4-9-18/h2-6,8-10,12,20,22,25H,7,11,13-17H2,1H3,(H,31,32). The molecule has 172 valence electrons. The van der Waals surface area contributed by atoms with E-state index in [9.17, 15) is 19.5 Å². The zero-order chi connectivity index (χ0) is 23.2. The molecule has 5 rings (SSSR count). The van der Waals surface area contributed by atoms with Gasteiger partial charge in [0.15, 0.2) is 0 Å². The van der Waals surface area contributed by atoms with Crippen LogP contribution in [-0.4, -0.2) is 39.4 Å². The lowest BCUT2D eigenvalue weighted by molar-refractivity contribution is -0.144. The van der Waals surface area contributed by atoms with Crippen molar-refractivity contribution in [2.24, 2.45) is 5.92 Å². The average Bonchev–Trinajstić information content (AvgIpc) is 3.37. The Labute approximate surface area is 194 Å². The van der Waals surface area contributed by atoms with Gasteiger partial charge >= 0.3 is 5.97 Å². The Bertz CT molecular complexity index is 1080. The van der Waals surface area contributed by atoms with Gasteiger partial charge in [0.1, 0.15) is 0 Å². The first-order valence-corrected chi connectivity index (χ1v) is 11.9. The number of carbonyl (C=O) groups is 3. The molecular formula is C27H30N2O4. The number of aliphatic carboxylic acids is 1. The molecule has 3 unspecified atom stereocenters. The Morgan fingerprint density at radius 2 is 1.70 bits per heavy atom. The van der Waals surface area contributed by atoms with Crippen LogP contribution in [0.3, 0.4) is 0 Å². The third-order valence-corrected chi connectivity index (χ3v) is 7.68. The summed E-state index contributed by atoms with van der Waals surface area (Å²) >= 11 is 0. The predicted molar refractivity (Wildman–Crippen MR) is 125 cm³/mol. The van der Waals surface area contributed by atoms with Gasteiger partial charge in [-0.2, -0.15) is 0 Å². The number of carbonyl (C=O) groups excluding carboxylic acids is 2. The van der Waals surface area contributed by atoms with Crippen LogP contribution in [0.25, 0.3) is 0 Å². The van der Waals surface area contributed by atoms with E-state index in [1.165, 1.54) is 0 Å². The number of hydrogen-bond acceptors (Lipinski definition) is 3. The Balaban J connectivity index is 1.59. The van der Waals surface area contributed by atoms with Crippen molar-refractivity contribution in [2.75, 3.05) is 4.90 Å². The van der Waals surface area contributed by atoms with Crippen molar-refractivity contribution in [1.29, 1.82) is 0 Å². The molecule has 0 aromatic heterocycles. The molecule has 3 aliphatic rings. The molecule has 33 heavy (non-hydrogen) atoms. The molecule has 6 heteroatoms. The summed E-state index contributed by atoms with van der Waals surface area (Å²) in [5.41, 5.74) is 2.30. The lowest BCUT2D eigenvalue weighted by atomic mass is 9.80. The third-order valence-electron chi connectivity index (χ3n) is 7.68. The van der Waals surface area contributed by atoms with Crippen molar-refractivity contribution >= 4 is 23.5 Å². The number of anilines is 1. The number of fused-ring (bicyclic) bond motifs is 2. The van der Waals surface area contributed by atoms with E-state index in [1.807, 2.05) is 64.4 Å². The Hall–Kier alpha value is -3.15. The number of benzene rings is 2. The smallest absolute Gasteiger partial charge is 0.303 e. The topological polar surface area (TPSA) is 77.9 Å². The van der Waals surface area contributed by atoms with Gasteiger partial charge in [0.25, 0.3) is 5.91 Å². The van der Waals surface area contributed by atoms with E-state index in [0.29, 0.717) is 5.56 Å². The molecular weight excluding hydrogens is 416 g/mol. The monoisotopic (exact) mass is 446 g/mol. The minimum Gasteiger partial charge on any atom is -0.481 e. The van der Waals surface area contributed by atoms with Gasteiger partial charge in [0, 0.05) is 35.2 Å². The summed E-state index contributed by atoms with van der Waals surface area (Å²) in [5, 5.41) is 9.17. The molecule has 2 saturated carbocycles. The first-order valence-electron chi connectivity index (χ1n) is 11.9. The molecule has 0 saturated heterocycles. The molecule has 2 aromatic rings. The van der Waals surface area contributed by atoms with E-state index >= 15 is 0 Å². The predicted octanol–water partition coefficient (Wildman–Crippen LogP) is 4.80. The van der Waals surface area contributed by atoms with Gasteiger partial charge in [-0.05, 0) is 56.4 Å². The van der Waals surface area contributed by atoms with Gasteiger partial charge < -0.3 is 14.9 Å². The van der Waals surface area contributed by atoms with Crippen LogP contribution in [0, 0.1) is 5.92 Å². The summed E-state index contributed by atoms with van der Waals surface area (Å²) < 4.78 is 0. The van der Waals surface area contributed by atoms with Crippen molar-refractivity contribution in [2.45, 2.75) is 69.5 Å². The first kappa shape index (κ1) is 21.7. The lowest BCUT2D eigenvalue weighted by Gasteiger charge is -2.49. The largest absolute Gasteiger partial charge is 0.481 e. The summed E-state index contributed by atoms with van der Waals surface area (Å²) in [6.45, 7) is 2.11. The highest BCUT2D eigenvalue weighted by Gasteiger charge is 2.55. The second-order valence-corrected chi connectivity index (χ2v) is 9.86. The van der Waals surface area contributed by atoms with Crippen molar-refractivity contribution in [1.82, 2.24) is 4.90 Å². The minimum absolute atomic E-state index is 0.000197. The van der Waals surface area contributed by atoms with Crippen LogP contribution < -0.4 is 4.90 Å². The SMILES string of the molecule is CC1(N(C(=O)CCC(=O)O)C2c3ccccc3N(C(=O)c3ccccc3)C3CCCC32)CC1. The molecule has 2 aromatic carbocycles. The second kappa shape index (κ2) is 8.32. The van der Waals surface area contributed by atoms with Gasteiger partial charge in [-0.25, -0.2) is 0 Å². The number of amides is 2. The third kappa shape index (κ3) is 3.81. The van der Waals surface area contributed by atoms with Crippen LogP contribution in [0.15, 0.2) is 54.6 Å². The summed E-state index contributed by atoms with van der Waals surface area (Å²) in [6.07, 6.45) is 4.55. The number of rotatable bonds is 6. The van der Waals surface area contributed by atoms with E-state index in [0.717, 1.165) is 43.4 Å². The molecule has 0 spiro atoms. The summed E-state index contributed by atoms with van der Waals surface area (Å²) in [5.74, 6) is -0.907. The normalized spacial score (nSPS) is 24.5. The molecule has 3 atom stereocenters. The van der Waals surface area contributed by atoms with Crippen molar-refractivity contribution in [3.63, 3.8) is 0 Å². The molecule has 1 aliphatic heterocycles. The Kier molecular flexibility index (Phi) is 5.47. The van der Waals surface area contributed by atoms with Crippen molar-refractivity contribution < 1.29 is 19.5 Å². The van der Waals surface area contributed by atoms with Crippen LogP contribution in [0.4, 0.5) is 5.69 Å². The van der Waals surface area contributed by atoms with Crippen LogP contribution in [0.5, 0.6) is 0 Å².